The van der Waals surface area contributed by atoms with Crippen molar-refractivity contribution >= 4 is 0 Å². The minimum atomic E-state index is -1.01. The van der Waals surface area contributed by atoms with Gasteiger partial charge in [-0.15, -0.1) is 0 Å². The molecule has 3 N–H and O–H groups in total. The molecule has 0 fully saturated rings. The molecule has 1 rings (SSSR count). The first kappa shape index (κ1) is 10.2. The van der Waals surface area contributed by atoms with Gasteiger partial charge in [-0.3, -0.25) is 0 Å². The van der Waals surface area contributed by atoms with Gasteiger partial charge in [-0.2, -0.15) is 0 Å². The molecule has 4 nitrogen and oxygen atoms in total. The van der Waals surface area contributed by atoms with Crippen molar-refractivity contribution in [2.45, 2.75) is 32.2 Å². The van der Waals surface area contributed by atoms with Gasteiger partial charge in [0.05, 0.1) is 6.10 Å². The standard InChI is InChI=1S/C9H14O4/c1-2-7(11)9(12)8-4-3-6(5-10)13-8/h3-4,7,9-12H,2,5H2,1H3/t7-,9+/m1/s1. The smallest absolute Gasteiger partial charge is 0.137 e. The van der Waals surface area contributed by atoms with E-state index >= 15 is 0 Å². The molecular weight excluding hydrogens is 172 g/mol. The lowest BCUT2D eigenvalue weighted by Gasteiger charge is -2.12. The van der Waals surface area contributed by atoms with Gasteiger partial charge in [0.15, 0.2) is 0 Å². The van der Waals surface area contributed by atoms with Crippen LogP contribution in [-0.2, 0) is 6.61 Å². The summed E-state index contributed by atoms with van der Waals surface area (Å²) >= 11 is 0. The summed E-state index contributed by atoms with van der Waals surface area (Å²) in [5.41, 5.74) is 0. The Bertz CT molecular complexity index is 256. The highest BCUT2D eigenvalue weighted by atomic mass is 16.4. The van der Waals surface area contributed by atoms with Crippen molar-refractivity contribution in [3.05, 3.63) is 23.7 Å². The number of hydrogen-bond donors (Lipinski definition) is 3. The second-order valence-corrected chi connectivity index (χ2v) is 2.88. The molecule has 0 radical (unpaired) electrons. The van der Waals surface area contributed by atoms with Crippen molar-refractivity contribution in [3.8, 4) is 0 Å². The van der Waals surface area contributed by atoms with E-state index in [9.17, 15) is 10.2 Å². The topological polar surface area (TPSA) is 73.8 Å². The van der Waals surface area contributed by atoms with Crippen molar-refractivity contribution in [2.75, 3.05) is 0 Å². The molecule has 0 aromatic carbocycles. The zero-order valence-electron chi connectivity index (χ0n) is 7.47. The van der Waals surface area contributed by atoms with Gasteiger partial charge in [-0.25, -0.2) is 0 Å². The molecule has 0 amide bonds. The molecule has 13 heavy (non-hydrogen) atoms. The fraction of sp³-hybridized carbons (Fsp3) is 0.556. The Hall–Kier alpha value is -0.840. The summed E-state index contributed by atoms with van der Waals surface area (Å²) < 4.78 is 5.06. The van der Waals surface area contributed by atoms with Crippen LogP contribution in [-0.4, -0.2) is 21.4 Å². The van der Waals surface area contributed by atoms with Crippen LogP contribution in [0.4, 0.5) is 0 Å². The number of hydrogen-bond acceptors (Lipinski definition) is 4. The zero-order chi connectivity index (χ0) is 9.84. The first-order valence-electron chi connectivity index (χ1n) is 4.24. The quantitative estimate of drug-likeness (QED) is 0.643. The summed E-state index contributed by atoms with van der Waals surface area (Å²) in [4.78, 5) is 0. The van der Waals surface area contributed by atoms with Crippen molar-refractivity contribution in [1.82, 2.24) is 0 Å². The molecule has 74 valence electrons. The van der Waals surface area contributed by atoms with E-state index in [-0.39, 0.29) is 6.61 Å². The van der Waals surface area contributed by atoms with E-state index in [1.54, 1.807) is 19.1 Å². The van der Waals surface area contributed by atoms with Gasteiger partial charge >= 0.3 is 0 Å². The van der Waals surface area contributed by atoms with Crippen LogP contribution in [0.5, 0.6) is 0 Å². The molecule has 4 heteroatoms. The molecule has 0 aliphatic heterocycles. The molecule has 0 aliphatic carbocycles. The lowest BCUT2D eigenvalue weighted by atomic mass is 10.1. The van der Waals surface area contributed by atoms with Crippen molar-refractivity contribution < 1.29 is 19.7 Å². The first-order valence-corrected chi connectivity index (χ1v) is 4.24. The van der Waals surface area contributed by atoms with Crippen molar-refractivity contribution in [2.24, 2.45) is 0 Å². The Morgan fingerprint density at radius 2 is 2.08 bits per heavy atom. The maximum absolute atomic E-state index is 9.47. The van der Waals surface area contributed by atoms with Crippen LogP contribution >= 0.6 is 0 Å². The predicted molar refractivity (Wildman–Crippen MR) is 45.9 cm³/mol. The average Bonchev–Trinajstić information content (AvgIpc) is 2.63. The fourth-order valence-electron chi connectivity index (χ4n) is 1.05. The molecule has 1 heterocycles. The van der Waals surface area contributed by atoms with Crippen molar-refractivity contribution in [1.29, 1.82) is 0 Å². The molecule has 1 aromatic heterocycles. The minimum absolute atomic E-state index is 0.199. The second-order valence-electron chi connectivity index (χ2n) is 2.88. The summed E-state index contributed by atoms with van der Waals surface area (Å²) in [7, 11) is 0. The van der Waals surface area contributed by atoms with Gasteiger partial charge in [-0.05, 0) is 18.6 Å². The highest BCUT2D eigenvalue weighted by molar-refractivity contribution is 5.09. The van der Waals surface area contributed by atoms with Crippen LogP contribution in [0.25, 0.3) is 0 Å². The van der Waals surface area contributed by atoms with E-state index in [2.05, 4.69) is 0 Å². The maximum atomic E-state index is 9.47. The second kappa shape index (κ2) is 4.41. The van der Waals surface area contributed by atoms with E-state index in [1.807, 2.05) is 0 Å². The summed E-state index contributed by atoms with van der Waals surface area (Å²) in [5, 5.41) is 27.5. The number of rotatable bonds is 4. The normalized spacial score (nSPS) is 15.7. The molecular formula is C9H14O4. The molecule has 0 bridgehead atoms. The van der Waals surface area contributed by atoms with Gasteiger partial charge < -0.3 is 19.7 Å². The number of aliphatic hydroxyl groups excluding tert-OH is 3. The molecule has 0 spiro atoms. The van der Waals surface area contributed by atoms with E-state index in [0.717, 1.165) is 0 Å². The molecule has 0 saturated carbocycles. The van der Waals surface area contributed by atoms with Crippen LogP contribution in [0.15, 0.2) is 16.5 Å². The van der Waals surface area contributed by atoms with Gasteiger partial charge in [0, 0.05) is 0 Å². The molecule has 0 unspecified atom stereocenters. The largest absolute Gasteiger partial charge is 0.461 e. The number of furan rings is 1. The summed E-state index contributed by atoms with van der Waals surface area (Å²) in [6.07, 6.45) is -1.38. The van der Waals surface area contributed by atoms with E-state index in [1.165, 1.54) is 0 Å². The van der Waals surface area contributed by atoms with Crippen LogP contribution in [0.1, 0.15) is 31.0 Å². The van der Waals surface area contributed by atoms with Gasteiger partial charge in [0.2, 0.25) is 0 Å². The lowest BCUT2D eigenvalue weighted by molar-refractivity contribution is 0.00253. The summed E-state index contributed by atoms with van der Waals surface area (Å²) in [6, 6.07) is 3.12. The Balaban J connectivity index is 2.70. The third-order valence-electron chi connectivity index (χ3n) is 1.91. The minimum Gasteiger partial charge on any atom is -0.461 e. The third-order valence-corrected chi connectivity index (χ3v) is 1.91. The van der Waals surface area contributed by atoms with E-state index in [0.29, 0.717) is 17.9 Å². The Morgan fingerprint density at radius 3 is 2.54 bits per heavy atom. The average molecular weight is 186 g/mol. The maximum Gasteiger partial charge on any atom is 0.137 e. The predicted octanol–water partition coefficient (Wildman–Crippen LogP) is 0.576. The van der Waals surface area contributed by atoms with Crippen LogP contribution in [0, 0.1) is 0 Å². The third kappa shape index (κ3) is 2.30. The summed E-state index contributed by atoms with van der Waals surface area (Å²) in [5.74, 6) is 0.677. The SMILES string of the molecule is CC[C@@H](O)[C@H](O)c1ccc(CO)o1. The van der Waals surface area contributed by atoms with Crippen LogP contribution in [0.2, 0.25) is 0 Å². The highest BCUT2D eigenvalue weighted by Gasteiger charge is 2.19. The fourth-order valence-corrected chi connectivity index (χ4v) is 1.05. The van der Waals surface area contributed by atoms with Crippen LogP contribution < -0.4 is 0 Å². The first-order chi connectivity index (χ1) is 6.19. The Labute approximate surface area is 76.4 Å². The van der Waals surface area contributed by atoms with Gasteiger partial charge in [0.1, 0.15) is 24.2 Å². The number of aliphatic hydroxyl groups is 3. The Kier molecular flexibility index (Phi) is 3.48. The monoisotopic (exact) mass is 186 g/mol. The van der Waals surface area contributed by atoms with Gasteiger partial charge in [0.25, 0.3) is 0 Å². The van der Waals surface area contributed by atoms with Gasteiger partial charge in [-0.1, -0.05) is 6.92 Å². The zero-order valence-corrected chi connectivity index (χ0v) is 7.47. The lowest BCUT2D eigenvalue weighted by Crippen LogP contribution is -2.16. The summed E-state index contributed by atoms with van der Waals surface area (Å²) in [6.45, 7) is 1.57. The van der Waals surface area contributed by atoms with E-state index in [4.69, 9.17) is 9.52 Å². The van der Waals surface area contributed by atoms with Crippen molar-refractivity contribution in [3.63, 3.8) is 0 Å². The molecule has 2 atom stereocenters. The molecule has 0 aliphatic rings. The highest BCUT2D eigenvalue weighted by Crippen LogP contribution is 2.21. The van der Waals surface area contributed by atoms with E-state index < -0.39 is 12.2 Å². The molecule has 1 aromatic rings. The Morgan fingerprint density at radius 1 is 1.38 bits per heavy atom. The molecule has 0 saturated heterocycles. The van der Waals surface area contributed by atoms with Crippen LogP contribution in [0.3, 0.4) is 0 Å².